The van der Waals surface area contributed by atoms with E-state index in [2.05, 4.69) is 51.6 Å². The van der Waals surface area contributed by atoms with Crippen molar-refractivity contribution < 1.29 is 0 Å². The first-order chi connectivity index (χ1) is 7.16. The van der Waals surface area contributed by atoms with Crippen LogP contribution in [0.15, 0.2) is 36.5 Å². The minimum atomic E-state index is 0.665. The van der Waals surface area contributed by atoms with Gasteiger partial charge in [-0.05, 0) is 25.2 Å². The summed E-state index contributed by atoms with van der Waals surface area (Å²) in [5.74, 6) is 0.665. The van der Waals surface area contributed by atoms with E-state index >= 15 is 0 Å². The Hall–Kier alpha value is -0.715. The molecule has 0 aliphatic heterocycles. The normalized spacial score (nSPS) is 11.7. The molecular weight excluding hydrogens is 179 g/mol. The number of hydrogen-bond acceptors (Lipinski definition) is 0. The average molecular weight is 204 g/mol. The third-order valence-corrected chi connectivity index (χ3v) is 2.23. The van der Waals surface area contributed by atoms with E-state index in [1.54, 1.807) is 0 Å². The van der Waals surface area contributed by atoms with Gasteiger partial charge in [-0.1, -0.05) is 63.4 Å². The Kier molecular flexibility index (Phi) is 9.36. The van der Waals surface area contributed by atoms with Gasteiger partial charge in [0, 0.05) is 0 Å². The van der Waals surface area contributed by atoms with Gasteiger partial charge in [-0.3, -0.25) is 0 Å². The van der Waals surface area contributed by atoms with Crippen LogP contribution in [0.5, 0.6) is 0 Å². The first-order valence-corrected chi connectivity index (χ1v) is 6.17. The Morgan fingerprint density at radius 3 is 2.60 bits per heavy atom. The van der Waals surface area contributed by atoms with Gasteiger partial charge in [0.15, 0.2) is 0 Å². The lowest BCUT2D eigenvalue weighted by Gasteiger charge is -1.97. The van der Waals surface area contributed by atoms with Gasteiger partial charge in [0.25, 0.3) is 0 Å². The molecule has 0 fully saturated rings. The number of rotatable bonds is 8. The molecule has 15 heavy (non-hydrogen) atoms. The van der Waals surface area contributed by atoms with Gasteiger partial charge in [-0.2, -0.15) is 0 Å². The van der Waals surface area contributed by atoms with E-state index in [1.165, 1.54) is 25.6 Å². The van der Waals surface area contributed by atoms with Gasteiger partial charge in [-0.25, -0.2) is 0 Å². The lowest BCUT2D eigenvalue weighted by atomic mass is 9.77. The Morgan fingerprint density at radius 2 is 2.00 bits per heavy atom. The molecule has 0 spiro atoms. The Morgan fingerprint density at radius 1 is 1.27 bits per heavy atom. The Bertz CT molecular complexity index is 211. The van der Waals surface area contributed by atoms with Gasteiger partial charge in [-0.15, -0.1) is 0 Å². The quantitative estimate of drug-likeness (QED) is 0.238. The van der Waals surface area contributed by atoms with Crippen LogP contribution >= 0.6 is 0 Å². The summed E-state index contributed by atoms with van der Waals surface area (Å²) in [4.78, 5) is 0. The molecule has 0 heterocycles. The Balaban J connectivity index is 3.53. The molecule has 0 unspecified atom stereocenters. The summed E-state index contributed by atoms with van der Waals surface area (Å²) < 4.78 is 0. The SMILES string of the molecule is C=C(/C=C\CCBC)CC/C=C\C(C)C. The standard InChI is InChI=1S/C14H25B/c1-13(2)9-5-6-10-14(3)11-7-8-12-15-4/h5,7,9,11,13,15H,3,6,8,10,12H2,1-2,4H3/b9-5-,11-7-. The number of allylic oxidation sites excluding steroid dienone is 5. The van der Waals surface area contributed by atoms with Crippen LogP contribution in [0.3, 0.4) is 0 Å². The predicted octanol–water partition coefficient (Wildman–Crippen LogP) is 4.38. The molecule has 0 N–H and O–H groups in total. The lowest BCUT2D eigenvalue weighted by Crippen LogP contribution is -1.80. The topological polar surface area (TPSA) is 0 Å². The van der Waals surface area contributed by atoms with Crippen molar-refractivity contribution in [1.82, 2.24) is 0 Å². The average Bonchev–Trinajstić information content (AvgIpc) is 2.19. The summed E-state index contributed by atoms with van der Waals surface area (Å²) in [6.07, 6.45) is 13.6. The van der Waals surface area contributed by atoms with Crippen molar-refractivity contribution in [2.75, 3.05) is 0 Å². The van der Waals surface area contributed by atoms with Crippen LogP contribution in [0, 0.1) is 5.92 Å². The highest BCUT2D eigenvalue weighted by Crippen LogP contribution is 2.07. The monoisotopic (exact) mass is 204 g/mol. The van der Waals surface area contributed by atoms with E-state index in [-0.39, 0.29) is 0 Å². The van der Waals surface area contributed by atoms with Crippen LogP contribution in [0.2, 0.25) is 13.1 Å². The molecule has 0 radical (unpaired) electrons. The molecule has 0 aliphatic carbocycles. The molecular formula is C14H25B. The molecule has 0 amide bonds. The summed E-state index contributed by atoms with van der Waals surface area (Å²) in [6.45, 7) is 10.7. The number of hydrogen-bond donors (Lipinski definition) is 0. The van der Waals surface area contributed by atoms with E-state index in [1.807, 2.05) is 0 Å². The summed E-state index contributed by atoms with van der Waals surface area (Å²) >= 11 is 0. The summed E-state index contributed by atoms with van der Waals surface area (Å²) in [7, 11) is 1.27. The molecule has 1 heteroatoms. The predicted molar refractivity (Wildman–Crippen MR) is 73.9 cm³/mol. The van der Waals surface area contributed by atoms with Crippen molar-refractivity contribution in [3.05, 3.63) is 36.5 Å². The van der Waals surface area contributed by atoms with E-state index in [4.69, 9.17) is 0 Å². The van der Waals surface area contributed by atoms with Crippen LogP contribution < -0.4 is 0 Å². The molecule has 0 aromatic carbocycles. The first kappa shape index (κ1) is 14.3. The molecule has 84 valence electrons. The van der Waals surface area contributed by atoms with Gasteiger partial charge >= 0.3 is 0 Å². The zero-order chi connectivity index (χ0) is 11.5. The van der Waals surface area contributed by atoms with Crippen molar-refractivity contribution in [3.8, 4) is 0 Å². The van der Waals surface area contributed by atoms with Gasteiger partial charge in [0.05, 0.1) is 0 Å². The maximum Gasteiger partial charge on any atom is 0.117 e. The zero-order valence-electron chi connectivity index (χ0n) is 10.6. The zero-order valence-corrected chi connectivity index (χ0v) is 10.6. The minimum absolute atomic E-state index is 0.665. The van der Waals surface area contributed by atoms with Crippen LogP contribution in [0.1, 0.15) is 33.1 Å². The first-order valence-electron chi connectivity index (χ1n) is 6.17. The third-order valence-electron chi connectivity index (χ3n) is 2.23. The summed E-state index contributed by atoms with van der Waals surface area (Å²) in [6, 6.07) is 0. The smallest absolute Gasteiger partial charge is 0.0958 e. The maximum absolute atomic E-state index is 4.05. The Labute approximate surface area is 96.4 Å². The molecule has 0 atom stereocenters. The second kappa shape index (κ2) is 9.83. The third kappa shape index (κ3) is 11.2. The highest BCUT2D eigenvalue weighted by Gasteiger charge is 1.88. The fourth-order valence-electron chi connectivity index (χ4n) is 1.29. The van der Waals surface area contributed by atoms with Crippen molar-refractivity contribution in [1.29, 1.82) is 0 Å². The molecule has 0 saturated heterocycles. The van der Waals surface area contributed by atoms with Crippen molar-refractivity contribution in [3.63, 3.8) is 0 Å². The lowest BCUT2D eigenvalue weighted by molar-refractivity contribution is 0.822. The molecule has 0 nitrogen and oxygen atoms in total. The molecule has 0 aliphatic rings. The molecule has 0 rings (SSSR count). The van der Waals surface area contributed by atoms with Crippen molar-refractivity contribution >= 4 is 7.28 Å². The molecule has 0 saturated carbocycles. The van der Waals surface area contributed by atoms with Gasteiger partial charge < -0.3 is 0 Å². The van der Waals surface area contributed by atoms with E-state index in [9.17, 15) is 0 Å². The van der Waals surface area contributed by atoms with Crippen LogP contribution in [0.25, 0.3) is 0 Å². The fraction of sp³-hybridized carbons (Fsp3) is 0.571. The second-order valence-electron chi connectivity index (χ2n) is 4.41. The van der Waals surface area contributed by atoms with Crippen LogP contribution in [-0.2, 0) is 0 Å². The molecule has 0 aromatic rings. The fourth-order valence-corrected chi connectivity index (χ4v) is 1.29. The summed E-state index contributed by atoms with van der Waals surface area (Å²) in [5.41, 5.74) is 1.25. The highest BCUT2D eigenvalue weighted by molar-refractivity contribution is 6.33. The minimum Gasteiger partial charge on any atom is -0.0958 e. The second-order valence-corrected chi connectivity index (χ2v) is 4.41. The maximum atomic E-state index is 4.05. The van der Waals surface area contributed by atoms with Crippen LogP contribution in [0.4, 0.5) is 0 Å². The molecule has 0 aromatic heterocycles. The largest absolute Gasteiger partial charge is 0.117 e. The summed E-state index contributed by atoms with van der Waals surface area (Å²) in [5, 5.41) is 0. The van der Waals surface area contributed by atoms with Crippen molar-refractivity contribution in [2.24, 2.45) is 5.92 Å². The van der Waals surface area contributed by atoms with E-state index in [0.717, 1.165) is 12.8 Å². The van der Waals surface area contributed by atoms with E-state index < -0.39 is 0 Å². The highest BCUT2D eigenvalue weighted by atomic mass is 13.9. The van der Waals surface area contributed by atoms with Gasteiger partial charge in [0.1, 0.15) is 7.28 Å². The van der Waals surface area contributed by atoms with E-state index in [0.29, 0.717) is 5.92 Å². The van der Waals surface area contributed by atoms with Crippen molar-refractivity contribution in [2.45, 2.75) is 46.3 Å². The van der Waals surface area contributed by atoms with Crippen LogP contribution in [-0.4, -0.2) is 7.28 Å². The molecule has 0 bridgehead atoms. The van der Waals surface area contributed by atoms with Gasteiger partial charge in [0.2, 0.25) is 0 Å².